The minimum atomic E-state index is -1.03. The van der Waals surface area contributed by atoms with E-state index < -0.39 is 22.8 Å². The summed E-state index contributed by atoms with van der Waals surface area (Å²) in [7, 11) is 1.34. The molecule has 0 aliphatic heterocycles. The van der Waals surface area contributed by atoms with E-state index >= 15 is 0 Å². The van der Waals surface area contributed by atoms with Crippen LogP contribution in [0.2, 0.25) is 0 Å². The van der Waals surface area contributed by atoms with E-state index in [-0.39, 0.29) is 15.8 Å². The normalized spacial score (nSPS) is 12.3. The maximum Gasteiger partial charge on any atom is 0.163 e. The predicted octanol–water partition coefficient (Wildman–Crippen LogP) is 5.20. The monoisotopic (exact) mass is 364 g/mol. The highest BCUT2D eigenvalue weighted by atomic mass is 79.9. The molecule has 0 heterocycles. The van der Waals surface area contributed by atoms with Crippen molar-refractivity contribution < 1.29 is 17.9 Å². The van der Waals surface area contributed by atoms with E-state index in [4.69, 9.17) is 16.3 Å². The van der Waals surface area contributed by atoms with Crippen LogP contribution in [0.3, 0.4) is 0 Å². The highest BCUT2D eigenvalue weighted by Crippen LogP contribution is 2.39. The number of rotatable bonds is 3. The van der Waals surface area contributed by atoms with Crippen LogP contribution in [0.1, 0.15) is 16.5 Å². The summed E-state index contributed by atoms with van der Waals surface area (Å²) < 4.78 is 45.7. The van der Waals surface area contributed by atoms with Crippen LogP contribution in [-0.4, -0.2) is 7.11 Å². The number of benzene rings is 2. The van der Waals surface area contributed by atoms with Crippen LogP contribution in [0.15, 0.2) is 34.8 Å². The maximum atomic E-state index is 13.8. The van der Waals surface area contributed by atoms with E-state index in [1.165, 1.54) is 25.3 Å². The van der Waals surface area contributed by atoms with Gasteiger partial charge in [0.2, 0.25) is 0 Å². The van der Waals surface area contributed by atoms with E-state index in [0.717, 1.165) is 12.1 Å². The molecule has 0 radical (unpaired) electrons. The van der Waals surface area contributed by atoms with E-state index in [1.807, 2.05) is 0 Å². The first kappa shape index (κ1) is 15.2. The molecule has 1 unspecified atom stereocenters. The third-order valence-corrected chi connectivity index (χ3v) is 3.88. The van der Waals surface area contributed by atoms with Gasteiger partial charge in [-0.3, -0.25) is 0 Å². The molecule has 2 rings (SSSR count). The van der Waals surface area contributed by atoms with E-state index in [9.17, 15) is 13.2 Å². The average molecular weight is 366 g/mol. The highest BCUT2D eigenvalue weighted by molar-refractivity contribution is 9.10. The largest absolute Gasteiger partial charge is 0.496 e. The molecule has 6 heteroatoms. The van der Waals surface area contributed by atoms with Crippen molar-refractivity contribution in [2.45, 2.75) is 5.38 Å². The smallest absolute Gasteiger partial charge is 0.163 e. The number of alkyl halides is 1. The number of hydrogen-bond acceptors (Lipinski definition) is 1. The zero-order chi connectivity index (χ0) is 14.9. The van der Waals surface area contributed by atoms with Crippen LogP contribution in [0.25, 0.3) is 0 Å². The van der Waals surface area contributed by atoms with Gasteiger partial charge >= 0.3 is 0 Å². The molecule has 2 aromatic rings. The van der Waals surface area contributed by atoms with Gasteiger partial charge in [-0.2, -0.15) is 0 Å². The lowest BCUT2D eigenvalue weighted by Gasteiger charge is -2.16. The van der Waals surface area contributed by atoms with Gasteiger partial charge in [-0.25, -0.2) is 13.2 Å². The SMILES string of the molecule is COc1cc(F)c(Br)cc1C(Cl)c1cccc(F)c1F. The Morgan fingerprint density at radius 1 is 1.10 bits per heavy atom. The zero-order valence-corrected chi connectivity index (χ0v) is 12.6. The van der Waals surface area contributed by atoms with E-state index in [2.05, 4.69) is 15.9 Å². The molecule has 0 aliphatic rings. The minimum Gasteiger partial charge on any atom is -0.496 e. The van der Waals surface area contributed by atoms with Crippen LogP contribution in [0.4, 0.5) is 13.2 Å². The van der Waals surface area contributed by atoms with Crippen molar-refractivity contribution in [3.05, 3.63) is 63.4 Å². The third kappa shape index (κ3) is 2.79. The van der Waals surface area contributed by atoms with Gasteiger partial charge in [-0.15, -0.1) is 11.6 Å². The first-order chi connectivity index (χ1) is 9.45. The molecular formula is C14H9BrClF3O. The summed E-state index contributed by atoms with van der Waals surface area (Å²) in [5, 5.41) is -1.00. The van der Waals surface area contributed by atoms with Crippen molar-refractivity contribution in [1.29, 1.82) is 0 Å². The number of hydrogen-bond donors (Lipinski definition) is 0. The van der Waals surface area contributed by atoms with Crippen molar-refractivity contribution in [3.8, 4) is 5.75 Å². The van der Waals surface area contributed by atoms with Gasteiger partial charge in [0.1, 0.15) is 11.6 Å². The molecule has 0 saturated carbocycles. The van der Waals surface area contributed by atoms with Crippen molar-refractivity contribution in [2.75, 3.05) is 7.11 Å². The lowest BCUT2D eigenvalue weighted by atomic mass is 10.0. The molecular weight excluding hydrogens is 357 g/mol. The van der Waals surface area contributed by atoms with Crippen molar-refractivity contribution >= 4 is 27.5 Å². The third-order valence-electron chi connectivity index (χ3n) is 2.80. The van der Waals surface area contributed by atoms with Crippen LogP contribution in [0, 0.1) is 17.5 Å². The van der Waals surface area contributed by atoms with Crippen LogP contribution in [-0.2, 0) is 0 Å². The van der Waals surface area contributed by atoms with Gasteiger partial charge in [0.05, 0.1) is 17.0 Å². The molecule has 0 aromatic heterocycles. The van der Waals surface area contributed by atoms with Gasteiger partial charge in [0, 0.05) is 17.2 Å². The Labute approximate surface area is 127 Å². The molecule has 0 fully saturated rings. The van der Waals surface area contributed by atoms with E-state index in [1.54, 1.807) is 0 Å². The molecule has 106 valence electrons. The molecule has 1 nitrogen and oxygen atoms in total. The van der Waals surface area contributed by atoms with Crippen molar-refractivity contribution in [2.24, 2.45) is 0 Å². The van der Waals surface area contributed by atoms with Gasteiger partial charge in [0.15, 0.2) is 11.6 Å². The fourth-order valence-corrected chi connectivity index (χ4v) is 2.50. The van der Waals surface area contributed by atoms with Crippen LogP contribution in [0.5, 0.6) is 5.75 Å². The summed E-state index contributed by atoms with van der Waals surface area (Å²) in [5.41, 5.74) is 0.301. The van der Waals surface area contributed by atoms with Crippen molar-refractivity contribution in [3.63, 3.8) is 0 Å². The Hall–Kier alpha value is -1.20. The Morgan fingerprint density at radius 2 is 1.80 bits per heavy atom. The highest BCUT2D eigenvalue weighted by Gasteiger charge is 2.22. The fraction of sp³-hybridized carbons (Fsp3) is 0.143. The maximum absolute atomic E-state index is 13.8. The molecule has 0 spiro atoms. The van der Waals surface area contributed by atoms with Gasteiger partial charge in [-0.05, 0) is 28.1 Å². The van der Waals surface area contributed by atoms with E-state index in [0.29, 0.717) is 5.56 Å². The first-order valence-electron chi connectivity index (χ1n) is 5.56. The minimum absolute atomic E-state index is 0.0384. The summed E-state index contributed by atoms with van der Waals surface area (Å²) in [6, 6.07) is 6.24. The lowest BCUT2D eigenvalue weighted by Crippen LogP contribution is -2.02. The first-order valence-corrected chi connectivity index (χ1v) is 6.79. The van der Waals surface area contributed by atoms with Crippen LogP contribution >= 0.6 is 27.5 Å². The molecule has 0 amide bonds. The second-order valence-corrected chi connectivity index (χ2v) is 5.30. The topological polar surface area (TPSA) is 9.23 Å². The Morgan fingerprint density at radius 3 is 2.45 bits per heavy atom. The molecule has 0 aliphatic carbocycles. The molecule has 0 saturated heterocycles. The quantitative estimate of drug-likeness (QED) is 0.679. The molecule has 0 bridgehead atoms. The second kappa shape index (κ2) is 6.06. The molecule has 0 N–H and O–H groups in total. The van der Waals surface area contributed by atoms with Gasteiger partial charge < -0.3 is 4.74 Å². The fourth-order valence-electron chi connectivity index (χ4n) is 1.80. The van der Waals surface area contributed by atoms with Gasteiger partial charge in [0.25, 0.3) is 0 Å². The predicted molar refractivity (Wildman–Crippen MR) is 74.7 cm³/mol. The summed E-state index contributed by atoms with van der Waals surface area (Å²) in [6.45, 7) is 0. The summed E-state index contributed by atoms with van der Waals surface area (Å²) in [6.07, 6.45) is 0. The Bertz CT molecular complexity index is 649. The number of ether oxygens (including phenoxy) is 1. The Balaban J connectivity index is 2.55. The lowest BCUT2D eigenvalue weighted by molar-refractivity contribution is 0.405. The number of methoxy groups -OCH3 is 1. The molecule has 1 atom stereocenters. The standard InChI is InChI=1S/C14H9BrClF3O/c1-20-12-6-11(18)9(15)5-8(12)13(16)7-3-2-4-10(17)14(7)19/h2-6,13H,1H3. The summed E-state index contributed by atoms with van der Waals surface area (Å²) >= 11 is 9.21. The van der Waals surface area contributed by atoms with Gasteiger partial charge in [-0.1, -0.05) is 12.1 Å². The average Bonchev–Trinajstić information content (AvgIpc) is 2.43. The van der Waals surface area contributed by atoms with Crippen LogP contribution < -0.4 is 4.74 Å². The molecule has 2 aromatic carbocycles. The Kier molecular flexibility index (Phi) is 4.60. The molecule has 20 heavy (non-hydrogen) atoms. The zero-order valence-electron chi connectivity index (χ0n) is 10.3. The summed E-state index contributed by atoms with van der Waals surface area (Å²) in [4.78, 5) is 0. The second-order valence-electron chi connectivity index (χ2n) is 4.01. The summed E-state index contributed by atoms with van der Waals surface area (Å²) in [5.74, 6) is -2.40. The number of halogens is 5. The van der Waals surface area contributed by atoms with Crippen molar-refractivity contribution in [1.82, 2.24) is 0 Å².